The minimum atomic E-state index is -4.58. The molecule has 0 fully saturated rings. The zero-order valence-corrected chi connectivity index (χ0v) is 31.6. The Labute approximate surface area is 313 Å². The van der Waals surface area contributed by atoms with Crippen molar-refractivity contribution in [3.05, 3.63) is 120 Å². The number of hydrogen-bond acceptors (Lipinski definition) is 8. The van der Waals surface area contributed by atoms with Crippen LogP contribution in [-0.4, -0.2) is 55.3 Å². The molecule has 0 spiro atoms. The summed E-state index contributed by atoms with van der Waals surface area (Å²) in [6, 6.07) is 12.7. The molecule has 0 aliphatic carbocycles. The Morgan fingerprint density at radius 1 is 0.848 bits per heavy atom. The summed E-state index contributed by atoms with van der Waals surface area (Å²) in [6.45, 7) is 7.96. The van der Waals surface area contributed by atoms with Gasteiger partial charge in [-0.3, -0.25) is 4.98 Å². The molecule has 0 radical (unpaired) electrons. The van der Waals surface area contributed by atoms with Gasteiger partial charge in [0, 0.05) is 53.9 Å². The second-order valence-corrected chi connectivity index (χ2v) is 14.9. The quantitative estimate of drug-likeness (QED) is 0.161. The number of fused-ring (bicyclic) bond motifs is 2. The standard InChI is InChI=1S/C34H35N3O6S2.K/c1-33(2)27-21-25(44(38,39)40)13-15-29(27)36(5)31(33)11-7-9-23(24-17-19-35-20-18-24)10-8-12-32-34(3,4)28-22-26(45(41,42)43)14-16-30(28)37(32)6;/h7-22H,1-6H3,(H-,38,39,40,41,42,43);/q;+1/p-1. The van der Waals surface area contributed by atoms with Crippen molar-refractivity contribution in [2.75, 3.05) is 19.0 Å². The molecule has 1 aromatic heterocycles. The molecule has 9 nitrogen and oxygen atoms in total. The van der Waals surface area contributed by atoms with Crippen LogP contribution in [0.5, 0.6) is 0 Å². The number of hydrogen-bond donors (Lipinski definition) is 0. The minimum Gasteiger partial charge on any atom is -0.744 e. The van der Waals surface area contributed by atoms with Gasteiger partial charge in [-0.25, -0.2) is 16.8 Å². The van der Waals surface area contributed by atoms with Crippen LogP contribution in [0.25, 0.3) is 5.57 Å². The van der Waals surface area contributed by atoms with Crippen molar-refractivity contribution < 1.29 is 81.9 Å². The Kier molecular flexibility index (Phi) is 10.4. The van der Waals surface area contributed by atoms with Gasteiger partial charge in [0.2, 0.25) is 5.69 Å². The molecular weight excluding hydrogens is 650 g/mol. The molecule has 5 rings (SSSR count). The number of aromatic nitrogens is 1. The summed E-state index contributed by atoms with van der Waals surface area (Å²) in [5.41, 5.74) is 5.79. The number of rotatable bonds is 7. The molecule has 46 heavy (non-hydrogen) atoms. The summed E-state index contributed by atoms with van der Waals surface area (Å²) in [6.07, 6.45) is 15.2. The fourth-order valence-corrected chi connectivity index (χ4v) is 7.21. The molecule has 0 amide bonds. The molecule has 3 aromatic rings. The summed E-state index contributed by atoms with van der Waals surface area (Å²) < 4.78 is 72.0. The van der Waals surface area contributed by atoms with E-state index >= 15 is 0 Å². The second kappa shape index (κ2) is 13.2. The third-order valence-electron chi connectivity index (χ3n) is 8.66. The van der Waals surface area contributed by atoms with E-state index in [2.05, 4.69) is 4.98 Å². The van der Waals surface area contributed by atoms with E-state index in [0.29, 0.717) is 0 Å². The van der Waals surface area contributed by atoms with E-state index in [1.807, 2.05) is 99.9 Å². The van der Waals surface area contributed by atoms with E-state index in [-0.39, 0.29) is 61.2 Å². The molecule has 0 bridgehead atoms. The van der Waals surface area contributed by atoms with Crippen LogP contribution in [0.2, 0.25) is 0 Å². The van der Waals surface area contributed by atoms with Crippen molar-refractivity contribution in [2.45, 2.75) is 48.3 Å². The Hall–Kier alpha value is -2.52. The van der Waals surface area contributed by atoms with Gasteiger partial charge in [0.1, 0.15) is 27.3 Å². The third-order valence-corrected chi connectivity index (χ3v) is 10.3. The van der Waals surface area contributed by atoms with E-state index in [0.717, 1.165) is 45.0 Å². The average molecular weight is 684 g/mol. The van der Waals surface area contributed by atoms with Crippen molar-refractivity contribution >= 4 is 42.9 Å². The third kappa shape index (κ3) is 6.87. The Morgan fingerprint density at radius 2 is 1.43 bits per heavy atom. The summed E-state index contributed by atoms with van der Waals surface area (Å²) in [5, 5.41) is 0. The van der Waals surface area contributed by atoms with Crippen molar-refractivity contribution in [1.29, 1.82) is 0 Å². The van der Waals surface area contributed by atoms with Crippen molar-refractivity contribution in [3.8, 4) is 0 Å². The Balaban J connectivity index is 0.00000480. The van der Waals surface area contributed by atoms with E-state index < -0.39 is 31.1 Å². The minimum absolute atomic E-state index is 0. The first-order valence-corrected chi connectivity index (χ1v) is 17.0. The normalized spacial score (nSPS) is 18.4. The van der Waals surface area contributed by atoms with Crippen LogP contribution >= 0.6 is 0 Å². The molecule has 0 N–H and O–H groups in total. The maximum Gasteiger partial charge on any atom is 1.00 e. The maximum absolute atomic E-state index is 11.7. The molecule has 2 aliphatic rings. The molecular formula is C34H34KN3O6S2. The first kappa shape index (κ1) is 36.3. The average Bonchev–Trinajstić information content (AvgIpc) is 3.28. The molecule has 2 aliphatic heterocycles. The molecule has 234 valence electrons. The Morgan fingerprint density at radius 3 is 2.04 bits per heavy atom. The summed E-state index contributed by atoms with van der Waals surface area (Å²) in [5.74, 6) is 0. The fourth-order valence-electron chi connectivity index (χ4n) is 6.22. The predicted octanol–water partition coefficient (Wildman–Crippen LogP) is 2.41. The summed E-state index contributed by atoms with van der Waals surface area (Å²) in [7, 11) is -5.34. The fraction of sp³-hybridized carbons (Fsp3) is 0.235. The molecule has 0 atom stereocenters. The SMILES string of the molecule is CN1/C(=C/C=C/C(=C/C=C/C2=[N+](C)c3ccc(S(=O)(=O)[O-])cc3C2(C)C)c2ccncc2)C(C)(C)c2cc(S(=O)(=O)[O-])ccc21.[K+]. The van der Waals surface area contributed by atoms with Crippen molar-refractivity contribution in [1.82, 2.24) is 4.98 Å². The molecule has 0 unspecified atom stereocenters. The number of likely N-dealkylation sites (N-methyl/N-ethyl adjacent to an activating group) is 1. The second-order valence-electron chi connectivity index (χ2n) is 12.1. The molecule has 2 aromatic carbocycles. The Bertz CT molecular complexity index is 2080. The van der Waals surface area contributed by atoms with Crippen LogP contribution in [-0.2, 0) is 31.1 Å². The van der Waals surface area contributed by atoms with Crippen molar-refractivity contribution in [3.63, 3.8) is 0 Å². The van der Waals surface area contributed by atoms with Crippen molar-refractivity contribution in [2.24, 2.45) is 0 Å². The zero-order valence-electron chi connectivity index (χ0n) is 26.8. The zero-order chi connectivity index (χ0) is 32.9. The van der Waals surface area contributed by atoms with Gasteiger partial charge in [-0.15, -0.1) is 0 Å². The number of nitrogens with zero attached hydrogens (tertiary/aromatic N) is 3. The first-order chi connectivity index (χ1) is 20.9. The van der Waals surface area contributed by atoms with Gasteiger partial charge >= 0.3 is 51.4 Å². The van der Waals surface area contributed by atoms with Gasteiger partial charge < -0.3 is 14.0 Å². The summed E-state index contributed by atoms with van der Waals surface area (Å²) in [4.78, 5) is 5.63. The molecule has 0 saturated heterocycles. The van der Waals surface area contributed by atoms with Gasteiger partial charge in [-0.05, 0) is 79.1 Å². The monoisotopic (exact) mass is 683 g/mol. The van der Waals surface area contributed by atoms with Crippen LogP contribution in [0.3, 0.4) is 0 Å². The molecule has 12 heteroatoms. The van der Waals surface area contributed by atoms with Crippen LogP contribution in [0.15, 0.2) is 113 Å². The van der Waals surface area contributed by atoms with E-state index in [1.54, 1.807) is 24.5 Å². The van der Waals surface area contributed by atoms with E-state index in [1.165, 1.54) is 24.3 Å². The van der Waals surface area contributed by atoms with Gasteiger partial charge in [0.25, 0.3) is 0 Å². The maximum atomic E-state index is 11.7. The van der Waals surface area contributed by atoms with Crippen LogP contribution in [0, 0.1) is 0 Å². The largest absolute Gasteiger partial charge is 1.00 e. The van der Waals surface area contributed by atoms with Gasteiger partial charge in [-0.1, -0.05) is 38.2 Å². The van der Waals surface area contributed by atoms with Gasteiger partial charge in [0.15, 0.2) is 5.71 Å². The summed E-state index contributed by atoms with van der Waals surface area (Å²) >= 11 is 0. The number of allylic oxidation sites excluding steroid dienone is 8. The van der Waals surface area contributed by atoms with Crippen LogP contribution in [0.1, 0.15) is 44.4 Å². The van der Waals surface area contributed by atoms with Crippen LogP contribution in [0.4, 0.5) is 11.4 Å². The van der Waals surface area contributed by atoms with E-state index in [9.17, 15) is 25.9 Å². The molecule has 0 saturated carbocycles. The topological polar surface area (TPSA) is 134 Å². The van der Waals surface area contributed by atoms with Gasteiger partial charge in [-0.2, -0.15) is 4.58 Å². The smallest absolute Gasteiger partial charge is 0.744 e. The number of pyridine rings is 1. The predicted molar refractivity (Wildman–Crippen MR) is 173 cm³/mol. The van der Waals surface area contributed by atoms with E-state index in [4.69, 9.17) is 0 Å². The number of anilines is 1. The first-order valence-electron chi connectivity index (χ1n) is 14.2. The number of benzene rings is 2. The molecule has 3 heterocycles. The van der Waals surface area contributed by atoms with Gasteiger partial charge in [0.05, 0.1) is 15.2 Å². The van der Waals surface area contributed by atoms with Crippen LogP contribution < -0.4 is 56.3 Å².